The van der Waals surface area contributed by atoms with E-state index in [9.17, 15) is 9.59 Å². The first-order valence-corrected chi connectivity index (χ1v) is 1.74. The van der Waals surface area contributed by atoms with E-state index in [1.807, 2.05) is 0 Å². The van der Waals surface area contributed by atoms with Crippen molar-refractivity contribution in [3.63, 3.8) is 0 Å². The Kier molecular flexibility index (Phi) is 2.28. The highest BCUT2D eigenvalue weighted by Crippen LogP contribution is 1.72. The quantitative estimate of drug-likeness (QED) is 0.255. The number of Topliss-reactive ketones (excluding diaryl/α,β-unsaturated/α-hetero) is 1. The Morgan fingerprint density at radius 3 is 2.25 bits per heavy atom. The van der Waals surface area contributed by atoms with E-state index < -0.39 is 11.8 Å². The van der Waals surface area contributed by atoms with Gasteiger partial charge in [-0.15, -0.1) is 0 Å². The molecule has 0 fully saturated rings. The first kappa shape index (κ1) is 6.63. The maximum absolute atomic E-state index is 9.95. The van der Waals surface area contributed by atoms with Gasteiger partial charge in [0.25, 0.3) is 0 Å². The summed E-state index contributed by atoms with van der Waals surface area (Å²) in [6.45, 7) is 0. The van der Waals surface area contributed by atoms with Crippen LogP contribution < -0.4 is 0 Å². The van der Waals surface area contributed by atoms with Gasteiger partial charge in [-0.1, -0.05) is 0 Å². The van der Waals surface area contributed by atoms with E-state index in [1.54, 1.807) is 0 Å². The fraction of sp³-hybridized carbons (Fsp3) is 0.250. The second kappa shape index (κ2) is 2.75. The van der Waals surface area contributed by atoms with Gasteiger partial charge in [0.1, 0.15) is 0 Å². The zero-order valence-corrected chi connectivity index (χ0v) is 4.17. The summed E-state index contributed by atoms with van der Waals surface area (Å²) in [6, 6.07) is 1.10. The Morgan fingerprint density at radius 2 is 2.12 bits per heavy atom. The normalized spacial score (nSPS) is 7.00. The molecule has 42 valence electrons. The molecule has 4 nitrogen and oxygen atoms in total. The van der Waals surface area contributed by atoms with Crippen LogP contribution in [0, 0.1) is 11.3 Å². The maximum Gasteiger partial charge on any atom is 0.390 e. The number of methoxy groups -OCH3 is 1. The second-order valence-electron chi connectivity index (χ2n) is 0.933. The number of esters is 1. The van der Waals surface area contributed by atoms with Gasteiger partial charge in [-0.2, -0.15) is 5.26 Å². The molecule has 0 aliphatic heterocycles. The van der Waals surface area contributed by atoms with E-state index >= 15 is 0 Å². The highest BCUT2D eigenvalue weighted by Gasteiger charge is 2.10. The number of ketones is 1. The molecule has 0 aliphatic carbocycles. The lowest BCUT2D eigenvalue weighted by atomic mass is 10.5. The summed E-state index contributed by atoms with van der Waals surface area (Å²) in [5.41, 5.74) is 0. The Labute approximate surface area is 45.7 Å². The van der Waals surface area contributed by atoms with Gasteiger partial charge in [-0.25, -0.2) is 4.79 Å². The second-order valence-corrected chi connectivity index (χ2v) is 0.933. The molecule has 0 bridgehead atoms. The van der Waals surface area contributed by atoms with Crippen molar-refractivity contribution in [3.8, 4) is 6.07 Å². The van der Waals surface area contributed by atoms with E-state index in [1.165, 1.54) is 0 Å². The van der Waals surface area contributed by atoms with Gasteiger partial charge in [-0.05, 0) is 0 Å². The minimum absolute atomic E-state index is 1.04. The lowest BCUT2D eigenvalue weighted by Gasteiger charge is -1.84. The van der Waals surface area contributed by atoms with Gasteiger partial charge in [0.05, 0.1) is 7.11 Å². The molecular weight excluding hydrogens is 110 g/mol. The minimum Gasteiger partial charge on any atom is -0.462 e. The summed E-state index contributed by atoms with van der Waals surface area (Å²) < 4.78 is 3.89. The molecule has 0 aromatic heterocycles. The average Bonchev–Trinajstić information content (AvgIpc) is 1.84. The van der Waals surface area contributed by atoms with Gasteiger partial charge < -0.3 is 4.74 Å². The fourth-order valence-corrected chi connectivity index (χ4v) is 0.138. The molecule has 0 rings (SSSR count). The zero-order chi connectivity index (χ0) is 6.57. The van der Waals surface area contributed by atoms with Crippen LogP contribution in [0.5, 0.6) is 0 Å². The van der Waals surface area contributed by atoms with Crippen molar-refractivity contribution in [2.24, 2.45) is 0 Å². The van der Waals surface area contributed by atoms with Crippen molar-refractivity contribution in [3.05, 3.63) is 0 Å². The number of rotatable bonds is 1. The standard InChI is InChI=1S/C4H3NO3/c1-8-4(7)3(6)2-5/h1H3. The monoisotopic (exact) mass is 113 g/mol. The van der Waals surface area contributed by atoms with Crippen molar-refractivity contribution in [1.29, 1.82) is 5.26 Å². The SMILES string of the molecule is COC(=O)C(=O)C#N. The average molecular weight is 113 g/mol. The van der Waals surface area contributed by atoms with Crippen molar-refractivity contribution in [1.82, 2.24) is 0 Å². The van der Waals surface area contributed by atoms with Crippen LogP contribution >= 0.6 is 0 Å². The van der Waals surface area contributed by atoms with E-state index in [4.69, 9.17) is 5.26 Å². The molecule has 0 spiro atoms. The van der Waals surface area contributed by atoms with E-state index in [2.05, 4.69) is 4.74 Å². The number of carbonyl (C=O) groups excluding carboxylic acids is 2. The molecule has 0 unspecified atom stereocenters. The maximum atomic E-state index is 9.95. The number of ether oxygens (including phenoxy) is 1. The lowest BCUT2D eigenvalue weighted by molar-refractivity contribution is -0.149. The number of nitriles is 1. The number of nitrogens with zero attached hydrogens (tertiary/aromatic N) is 1. The summed E-state index contributed by atoms with van der Waals surface area (Å²) in [4.78, 5) is 19.9. The van der Waals surface area contributed by atoms with Crippen LogP contribution in [-0.4, -0.2) is 18.9 Å². The molecule has 4 heteroatoms. The summed E-state index contributed by atoms with van der Waals surface area (Å²) in [5.74, 6) is -2.29. The Bertz CT molecular complexity index is 155. The molecule has 0 saturated heterocycles. The summed E-state index contributed by atoms with van der Waals surface area (Å²) in [7, 11) is 1.04. The van der Waals surface area contributed by atoms with Crippen LogP contribution in [-0.2, 0) is 14.3 Å². The molecule has 0 N–H and O–H groups in total. The topological polar surface area (TPSA) is 67.2 Å². The Morgan fingerprint density at radius 1 is 1.62 bits per heavy atom. The van der Waals surface area contributed by atoms with Crippen LogP contribution in [0.2, 0.25) is 0 Å². The minimum atomic E-state index is -1.17. The summed E-state index contributed by atoms with van der Waals surface area (Å²) >= 11 is 0. The molecule has 0 aromatic rings. The molecule has 0 aliphatic rings. The first-order valence-electron chi connectivity index (χ1n) is 1.74. The smallest absolute Gasteiger partial charge is 0.390 e. The van der Waals surface area contributed by atoms with E-state index in [0.29, 0.717) is 0 Å². The van der Waals surface area contributed by atoms with Gasteiger partial charge in [0.15, 0.2) is 6.07 Å². The number of hydrogen-bond donors (Lipinski definition) is 0. The lowest BCUT2D eigenvalue weighted by Crippen LogP contribution is -2.12. The van der Waals surface area contributed by atoms with Crippen LogP contribution in [0.3, 0.4) is 0 Å². The van der Waals surface area contributed by atoms with Crippen LogP contribution in [0.4, 0.5) is 0 Å². The van der Waals surface area contributed by atoms with Crippen molar-refractivity contribution in [2.75, 3.05) is 7.11 Å². The summed E-state index contributed by atoms with van der Waals surface area (Å²) in [6.07, 6.45) is 0. The molecular formula is C4H3NO3. The first-order chi connectivity index (χ1) is 3.72. The van der Waals surface area contributed by atoms with Gasteiger partial charge in [0.2, 0.25) is 0 Å². The molecule has 0 heterocycles. The van der Waals surface area contributed by atoms with Gasteiger partial charge in [0, 0.05) is 0 Å². The fourth-order valence-electron chi connectivity index (χ4n) is 0.138. The Balaban J connectivity index is 3.89. The van der Waals surface area contributed by atoms with E-state index in [-0.39, 0.29) is 0 Å². The number of hydrogen-bond acceptors (Lipinski definition) is 4. The van der Waals surface area contributed by atoms with Crippen molar-refractivity contribution >= 4 is 11.8 Å². The third kappa shape index (κ3) is 1.39. The molecule has 0 atom stereocenters. The van der Waals surface area contributed by atoms with Gasteiger partial charge in [-0.3, -0.25) is 4.79 Å². The predicted molar refractivity (Wildman–Crippen MR) is 22.6 cm³/mol. The van der Waals surface area contributed by atoms with E-state index in [0.717, 1.165) is 13.2 Å². The molecule has 8 heavy (non-hydrogen) atoms. The molecule has 0 aromatic carbocycles. The van der Waals surface area contributed by atoms with Crippen molar-refractivity contribution in [2.45, 2.75) is 0 Å². The van der Waals surface area contributed by atoms with Crippen LogP contribution in [0.15, 0.2) is 0 Å². The van der Waals surface area contributed by atoms with Gasteiger partial charge >= 0.3 is 11.8 Å². The molecule has 0 radical (unpaired) electrons. The number of carbonyl (C=O) groups is 2. The highest BCUT2D eigenvalue weighted by atomic mass is 16.5. The van der Waals surface area contributed by atoms with Crippen molar-refractivity contribution < 1.29 is 14.3 Å². The largest absolute Gasteiger partial charge is 0.462 e. The summed E-state index contributed by atoms with van der Waals surface area (Å²) in [5, 5.41) is 7.74. The molecule has 0 amide bonds. The Hall–Kier alpha value is -1.37. The zero-order valence-electron chi connectivity index (χ0n) is 4.17. The predicted octanol–water partition coefficient (Wildman–Crippen LogP) is -0.748. The third-order valence-electron chi connectivity index (χ3n) is 0.472. The molecule has 0 saturated carbocycles. The van der Waals surface area contributed by atoms with Crippen LogP contribution in [0.1, 0.15) is 0 Å². The highest BCUT2D eigenvalue weighted by molar-refractivity contribution is 6.40. The van der Waals surface area contributed by atoms with Crippen LogP contribution in [0.25, 0.3) is 0 Å². The third-order valence-corrected chi connectivity index (χ3v) is 0.472.